The van der Waals surface area contributed by atoms with Crippen LogP contribution in [0.25, 0.3) is 0 Å². The molecule has 0 spiro atoms. The van der Waals surface area contributed by atoms with Gasteiger partial charge < -0.3 is 15.4 Å². The molecule has 0 bridgehead atoms. The minimum atomic E-state index is -4.76. The van der Waals surface area contributed by atoms with Crippen LogP contribution in [0.15, 0.2) is 24.3 Å². The predicted octanol–water partition coefficient (Wildman–Crippen LogP) is 3.57. The Morgan fingerprint density at radius 2 is 1.94 bits per heavy atom. The van der Waals surface area contributed by atoms with Crippen molar-refractivity contribution in [2.75, 3.05) is 23.7 Å². The van der Waals surface area contributed by atoms with E-state index in [2.05, 4.69) is 25.7 Å². The maximum absolute atomic E-state index is 12.3. The number of nitrogens with one attached hydrogen (secondary N) is 3. The van der Waals surface area contributed by atoms with Gasteiger partial charge in [0.1, 0.15) is 5.75 Å². The fraction of sp³-hybridized carbons (Fsp3) is 0.421. The summed E-state index contributed by atoms with van der Waals surface area (Å²) in [6, 6.07) is 4.66. The van der Waals surface area contributed by atoms with Gasteiger partial charge in [-0.3, -0.25) is 15.0 Å². The van der Waals surface area contributed by atoms with E-state index >= 15 is 0 Å². The SMILES string of the molecule is CC(C)NC(=O)Nc1nc2c(s1)CN(CC(=O)Nc1ccc(OC(F)(F)F)cc1)CC2. The van der Waals surface area contributed by atoms with E-state index in [0.29, 0.717) is 30.3 Å². The van der Waals surface area contributed by atoms with Crippen LogP contribution in [0.3, 0.4) is 0 Å². The average Bonchev–Trinajstić information content (AvgIpc) is 3.02. The molecule has 1 aliphatic heterocycles. The summed E-state index contributed by atoms with van der Waals surface area (Å²) in [4.78, 5) is 31.5. The number of aromatic nitrogens is 1. The fourth-order valence-electron chi connectivity index (χ4n) is 2.98. The smallest absolute Gasteiger partial charge is 0.406 e. The third kappa shape index (κ3) is 7.10. The van der Waals surface area contributed by atoms with E-state index in [1.54, 1.807) is 0 Å². The van der Waals surface area contributed by atoms with Crippen LogP contribution in [-0.4, -0.2) is 47.3 Å². The van der Waals surface area contributed by atoms with Crippen molar-refractivity contribution in [3.05, 3.63) is 34.8 Å². The number of alkyl halides is 3. The number of carbonyl (C=O) groups excluding carboxylic acids is 2. The second kappa shape index (κ2) is 9.52. The fourth-order valence-corrected chi connectivity index (χ4v) is 4.02. The maximum atomic E-state index is 12.3. The Hall–Kier alpha value is -2.86. The highest BCUT2D eigenvalue weighted by Crippen LogP contribution is 2.28. The highest BCUT2D eigenvalue weighted by molar-refractivity contribution is 7.15. The number of amides is 3. The van der Waals surface area contributed by atoms with Crippen LogP contribution >= 0.6 is 11.3 Å². The highest BCUT2D eigenvalue weighted by Gasteiger charge is 2.31. The molecule has 2 heterocycles. The molecule has 2 aromatic rings. The number of benzene rings is 1. The first-order valence-corrected chi connectivity index (χ1v) is 10.3. The van der Waals surface area contributed by atoms with Crippen LogP contribution in [0.5, 0.6) is 5.75 Å². The maximum Gasteiger partial charge on any atom is 0.573 e. The van der Waals surface area contributed by atoms with Crippen molar-refractivity contribution in [3.8, 4) is 5.75 Å². The Morgan fingerprint density at radius 1 is 1.23 bits per heavy atom. The van der Waals surface area contributed by atoms with Gasteiger partial charge in [0.2, 0.25) is 5.91 Å². The monoisotopic (exact) mass is 457 g/mol. The number of carbonyl (C=O) groups is 2. The standard InChI is InChI=1S/C19H22F3N5O3S/c1-11(2)23-17(29)26-18-25-14-7-8-27(9-15(14)31-18)10-16(28)24-12-3-5-13(6-4-12)30-19(20,21)22/h3-6,11H,7-10H2,1-2H3,(H,24,28)(H2,23,25,26,29). The van der Waals surface area contributed by atoms with Gasteiger partial charge in [-0.05, 0) is 38.1 Å². The number of nitrogens with zero attached hydrogens (tertiary/aromatic N) is 2. The molecule has 1 aromatic heterocycles. The van der Waals surface area contributed by atoms with Crippen molar-refractivity contribution < 1.29 is 27.5 Å². The first kappa shape index (κ1) is 22.8. The number of fused-ring (bicyclic) bond motifs is 1. The van der Waals surface area contributed by atoms with Gasteiger partial charge in [0.25, 0.3) is 0 Å². The van der Waals surface area contributed by atoms with Gasteiger partial charge in [-0.25, -0.2) is 9.78 Å². The molecule has 3 amide bonds. The second-order valence-electron chi connectivity index (χ2n) is 7.22. The topological polar surface area (TPSA) is 95.6 Å². The minimum absolute atomic E-state index is 0.0111. The zero-order chi connectivity index (χ0) is 22.6. The predicted molar refractivity (Wildman–Crippen MR) is 110 cm³/mol. The van der Waals surface area contributed by atoms with Gasteiger partial charge >= 0.3 is 12.4 Å². The lowest BCUT2D eigenvalue weighted by Crippen LogP contribution is -2.36. The van der Waals surface area contributed by atoms with Crippen molar-refractivity contribution >= 4 is 34.1 Å². The minimum Gasteiger partial charge on any atom is -0.406 e. The molecule has 0 unspecified atom stereocenters. The molecule has 0 saturated carbocycles. The van der Waals surface area contributed by atoms with Gasteiger partial charge in [0, 0.05) is 36.1 Å². The summed E-state index contributed by atoms with van der Waals surface area (Å²) >= 11 is 1.37. The van der Waals surface area contributed by atoms with E-state index in [4.69, 9.17) is 0 Å². The Balaban J connectivity index is 1.51. The Morgan fingerprint density at radius 3 is 2.58 bits per heavy atom. The van der Waals surface area contributed by atoms with E-state index in [0.717, 1.165) is 22.7 Å². The number of urea groups is 1. The molecule has 0 radical (unpaired) electrons. The summed E-state index contributed by atoms with van der Waals surface area (Å²) in [6.45, 7) is 4.99. The van der Waals surface area contributed by atoms with Crippen molar-refractivity contribution in [1.82, 2.24) is 15.2 Å². The van der Waals surface area contributed by atoms with Crippen molar-refractivity contribution in [2.45, 2.75) is 39.2 Å². The summed E-state index contributed by atoms with van der Waals surface area (Å²) in [6.07, 6.45) is -4.11. The molecule has 0 atom stereocenters. The van der Waals surface area contributed by atoms with Gasteiger partial charge in [-0.1, -0.05) is 0 Å². The second-order valence-corrected chi connectivity index (χ2v) is 8.31. The Bertz CT molecular complexity index is 931. The van der Waals surface area contributed by atoms with E-state index < -0.39 is 6.36 Å². The molecular weight excluding hydrogens is 435 g/mol. The van der Waals surface area contributed by atoms with Gasteiger partial charge in [0.15, 0.2) is 5.13 Å². The number of hydrogen-bond acceptors (Lipinski definition) is 6. The van der Waals surface area contributed by atoms with Crippen LogP contribution in [0.2, 0.25) is 0 Å². The van der Waals surface area contributed by atoms with Crippen molar-refractivity contribution in [3.63, 3.8) is 0 Å². The number of rotatable bonds is 6. The summed E-state index contributed by atoms with van der Waals surface area (Å²) in [5.74, 6) is -0.641. The largest absolute Gasteiger partial charge is 0.573 e. The number of halogens is 3. The lowest BCUT2D eigenvalue weighted by atomic mass is 10.2. The van der Waals surface area contributed by atoms with Crippen LogP contribution in [0.4, 0.5) is 28.8 Å². The Kier molecular flexibility index (Phi) is 7.01. The normalized spacial score (nSPS) is 14.1. The lowest BCUT2D eigenvalue weighted by molar-refractivity contribution is -0.274. The summed E-state index contributed by atoms with van der Waals surface area (Å²) < 4.78 is 40.4. The quantitative estimate of drug-likeness (QED) is 0.617. The first-order chi connectivity index (χ1) is 14.6. The molecule has 168 valence electrons. The molecule has 0 saturated heterocycles. The molecule has 12 heteroatoms. The summed E-state index contributed by atoms with van der Waals surface area (Å²) in [5, 5.41) is 8.62. The van der Waals surface area contributed by atoms with E-state index in [-0.39, 0.29) is 30.3 Å². The zero-order valence-corrected chi connectivity index (χ0v) is 17.7. The molecule has 31 heavy (non-hydrogen) atoms. The van der Waals surface area contributed by atoms with Crippen LogP contribution in [0, 0.1) is 0 Å². The highest BCUT2D eigenvalue weighted by atomic mass is 32.1. The zero-order valence-electron chi connectivity index (χ0n) is 16.9. The van der Waals surface area contributed by atoms with Crippen molar-refractivity contribution in [1.29, 1.82) is 0 Å². The van der Waals surface area contributed by atoms with Gasteiger partial charge in [0.05, 0.1) is 12.2 Å². The third-order valence-corrected chi connectivity index (χ3v) is 5.19. The lowest BCUT2D eigenvalue weighted by Gasteiger charge is -2.25. The molecule has 1 aromatic carbocycles. The Labute approximate surface area is 180 Å². The van der Waals surface area contributed by atoms with E-state index in [1.165, 1.54) is 23.5 Å². The number of thiazole rings is 1. The van der Waals surface area contributed by atoms with Crippen molar-refractivity contribution in [2.24, 2.45) is 0 Å². The molecule has 0 fully saturated rings. The number of hydrogen-bond donors (Lipinski definition) is 3. The molecule has 1 aliphatic rings. The van der Waals surface area contributed by atoms with Crippen LogP contribution < -0.4 is 20.7 Å². The van der Waals surface area contributed by atoms with E-state index in [1.807, 2.05) is 18.7 Å². The van der Waals surface area contributed by atoms with Crippen LogP contribution in [-0.2, 0) is 17.8 Å². The molecule has 0 aliphatic carbocycles. The number of anilines is 2. The first-order valence-electron chi connectivity index (χ1n) is 9.51. The molecule has 3 rings (SSSR count). The van der Waals surface area contributed by atoms with Gasteiger partial charge in [-0.2, -0.15) is 0 Å². The summed E-state index contributed by atoms with van der Waals surface area (Å²) in [7, 11) is 0. The molecule has 8 nitrogen and oxygen atoms in total. The number of ether oxygens (including phenoxy) is 1. The molecular formula is C19H22F3N5O3S. The van der Waals surface area contributed by atoms with Crippen LogP contribution in [0.1, 0.15) is 24.4 Å². The van der Waals surface area contributed by atoms with Gasteiger partial charge in [-0.15, -0.1) is 24.5 Å². The average molecular weight is 457 g/mol. The third-order valence-electron chi connectivity index (χ3n) is 4.19. The van der Waals surface area contributed by atoms with E-state index in [9.17, 15) is 22.8 Å². The molecule has 3 N–H and O–H groups in total. The summed E-state index contributed by atoms with van der Waals surface area (Å²) in [5.41, 5.74) is 1.28.